The molecule has 0 bridgehead atoms. The number of hydrogen-bond donors (Lipinski definition) is 1. The Morgan fingerprint density at radius 1 is 1.58 bits per heavy atom. The maximum Gasteiger partial charge on any atom is 1.00 e. The number of rotatable bonds is 1. The second kappa shape index (κ2) is 4.60. The summed E-state index contributed by atoms with van der Waals surface area (Å²) in [5.74, 6) is -0.909. The minimum Gasteiger partial charge on any atom is -1.00 e. The standard InChI is InChI=1S/C8H9NO2.Na.H/c1-5-3-4-9-6(2)7(5)8(10)11;;/h3-4H,1-2H3,(H,10,11);;/q;+1;-1. The van der Waals surface area contributed by atoms with Crippen molar-refractivity contribution in [2.24, 2.45) is 0 Å². The molecule has 0 aliphatic rings. The van der Waals surface area contributed by atoms with E-state index in [0.29, 0.717) is 11.3 Å². The van der Waals surface area contributed by atoms with E-state index in [1.807, 2.05) is 0 Å². The molecule has 0 aliphatic heterocycles. The maximum atomic E-state index is 10.6. The summed E-state index contributed by atoms with van der Waals surface area (Å²) >= 11 is 0. The summed E-state index contributed by atoms with van der Waals surface area (Å²) in [4.78, 5) is 14.5. The summed E-state index contributed by atoms with van der Waals surface area (Å²) in [5.41, 5.74) is 1.63. The van der Waals surface area contributed by atoms with Crippen LogP contribution in [0, 0.1) is 13.8 Å². The molecule has 1 N–H and O–H groups in total. The van der Waals surface area contributed by atoms with Gasteiger partial charge >= 0.3 is 35.5 Å². The summed E-state index contributed by atoms with van der Waals surface area (Å²) < 4.78 is 0. The second-order valence-electron chi connectivity index (χ2n) is 2.39. The van der Waals surface area contributed by atoms with Gasteiger partial charge in [-0.15, -0.1) is 0 Å². The number of carbonyl (C=O) groups is 1. The first kappa shape index (κ1) is 11.6. The molecule has 1 heterocycles. The van der Waals surface area contributed by atoms with Crippen molar-refractivity contribution in [3.8, 4) is 0 Å². The van der Waals surface area contributed by atoms with Crippen LogP contribution in [0.5, 0.6) is 0 Å². The van der Waals surface area contributed by atoms with Crippen LogP contribution in [0.15, 0.2) is 12.3 Å². The number of hydrogen-bond acceptors (Lipinski definition) is 2. The number of carboxylic acids is 1. The molecule has 3 nitrogen and oxygen atoms in total. The van der Waals surface area contributed by atoms with E-state index in [9.17, 15) is 4.79 Å². The predicted molar refractivity (Wildman–Crippen MR) is 41.8 cm³/mol. The van der Waals surface area contributed by atoms with Gasteiger partial charge in [-0.2, -0.15) is 0 Å². The van der Waals surface area contributed by atoms with Crippen molar-refractivity contribution >= 4 is 5.97 Å². The van der Waals surface area contributed by atoms with Gasteiger partial charge in [0.25, 0.3) is 0 Å². The van der Waals surface area contributed by atoms with Crippen molar-refractivity contribution in [2.45, 2.75) is 13.8 Å². The van der Waals surface area contributed by atoms with E-state index < -0.39 is 5.97 Å². The predicted octanol–water partition coefficient (Wildman–Crippen LogP) is -1.49. The van der Waals surface area contributed by atoms with Gasteiger partial charge in [-0.05, 0) is 25.5 Å². The minimum atomic E-state index is -0.909. The molecule has 0 amide bonds. The Labute approximate surface area is 94.6 Å². The first-order valence-electron chi connectivity index (χ1n) is 3.28. The average Bonchev–Trinajstić information content (AvgIpc) is 1.85. The summed E-state index contributed by atoms with van der Waals surface area (Å²) in [6, 6.07) is 1.69. The second-order valence-corrected chi connectivity index (χ2v) is 2.39. The zero-order chi connectivity index (χ0) is 8.43. The summed E-state index contributed by atoms with van der Waals surface area (Å²) in [5, 5.41) is 8.71. The van der Waals surface area contributed by atoms with Gasteiger partial charge in [-0.25, -0.2) is 4.79 Å². The first-order chi connectivity index (χ1) is 5.13. The van der Waals surface area contributed by atoms with Crippen LogP contribution < -0.4 is 29.6 Å². The van der Waals surface area contributed by atoms with Gasteiger partial charge in [0.2, 0.25) is 0 Å². The quantitative estimate of drug-likeness (QED) is 0.529. The molecule has 0 fully saturated rings. The Morgan fingerprint density at radius 3 is 2.50 bits per heavy atom. The molecule has 1 aromatic rings. The largest absolute Gasteiger partial charge is 1.00 e. The molecule has 0 atom stereocenters. The van der Waals surface area contributed by atoms with Gasteiger partial charge in [-0.3, -0.25) is 4.98 Å². The third-order valence-electron chi connectivity index (χ3n) is 1.56. The molecule has 0 spiro atoms. The van der Waals surface area contributed by atoms with E-state index in [2.05, 4.69) is 4.98 Å². The molecule has 0 aromatic carbocycles. The fourth-order valence-corrected chi connectivity index (χ4v) is 1.02. The van der Waals surface area contributed by atoms with Gasteiger partial charge in [0.1, 0.15) is 0 Å². The van der Waals surface area contributed by atoms with E-state index in [1.165, 1.54) is 0 Å². The smallest absolute Gasteiger partial charge is 1.00 e. The van der Waals surface area contributed by atoms with Crippen LogP contribution in [-0.4, -0.2) is 16.1 Å². The molecule has 0 saturated carbocycles. The third kappa shape index (κ3) is 2.30. The zero-order valence-electron chi connectivity index (χ0n) is 8.46. The van der Waals surface area contributed by atoms with Crippen molar-refractivity contribution in [3.63, 3.8) is 0 Å². The number of aryl methyl sites for hydroxylation is 2. The molecular formula is C8H10NNaO2. The Bertz CT molecular complexity index is 284. The fourth-order valence-electron chi connectivity index (χ4n) is 1.02. The van der Waals surface area contributed by atoms with Crippen LogP contribution in [-0.2, 0) is 0 Å². The van der Waals surface area contributed by atoms with Gasteiger partial charge < -0.3 is 6.53 Å². The summed E-state index contributed by atoms with van der Waals surface area (Å²) in [6.45, 7) is 3.45. The van der Waals surface area contributed by atoms with E-state index in [4.69, 9.17) is 5.11 Å². The van der Waals surface area contributed by atoms with Crippen LogP contribution >= 0.6 is 0 Å². The number of nitrogens with zero attached hydrogens (tertiary/aromatic N) is 1. The average molecular weight is 175 g/mol. The molecule has 0 saturated heterocycles. The van der Waals surface area contributed by atoms with Crippen LogP contribution in [0.2, 0.25) is 0 Å². The van der Waals surface area contributed by atoms with E-state index in [1.54, 1.807) is 26.1 Å². The first-order valence-corrected chi connectivity index (χ1v) is 3.28. The van der Waals surface area contributed by atoms with Crippen molar-refractivity contribution in [1.82, 2.24) is 4.98 Å². The molecule has 0 aliphatic carbocycles. The van der Waals surface area contributed by atoms with Crippen molar-refractivity contribution in [3.05, 3.63) is 29.1 Å². The fraction of sp³-hybridized carbons (Fsp3) is 0.250. The SMILES string of the molecule is Cc1ccnc(C)c1C(=O)O.[H-].[Na+]. The Hall–Kier alpha value is -0.380. The van der Waals surface area contributed by atoms with Crippen molar-refractivity contribution < 1.29 is 40.9 Å². The number of pyridine rings is 1. The molecular weight excluding hydrogens is 165 g/mol. The molecule has 12 heavy (non-hydrogen) atoms. The van der Waals surface area contributed by atoms with Gasteiger partial charge in [-0.1, -0.05) is 0 Å². The number of carboxylic acid groups (broad SMARTS) is 1. The van der Waals surface area contributed by atoms with Crippen molar-refractivity contribution in [1.29, 1.82) is 0 Å². The molecule has 60 valence electrons. The normalized spacial score (nSPS) is 8.83. The Balaban J connectivity index is 0. The minimum absolute atomic E-state index is 0. The van der Waals surface area contributed by atoms with Crippen molar-refractivity contribution in [2.75, 3.05) is 0 Å². The van der Waals surface area contributed by atoms with Gasteiger partial charge in [0, 0.05) is 6.20 Å². The summed E-state index contributed by atoms with van der Waals surface area (Å²) in [7, 11) is 0. The van der Waals surface area contributed by atoms with E-state index in [0.717, 1.165) is 5.56 Å². The van der Waals surface area contributed by atoms with Crippen LogP contribution in [0.4, 0.5) is 0 Å². The number of aromatic nitrogens is 1. The Morgan fingerprint density at radius 2 is 2.17 bits per heavy atom. The molecule has 1 rings (SSSR count). The van der Waals surface area contributed by atoms with E-state index >= 15 is 0 Å². The Kier molecular flexibility index (Phi) is 4.45. The number of aromatic carboxylic acids is 1. The molecule has 1 aromatic heterocycles. The molecule has 0 radical (unpaired) electrons. The molecule has 4 heteroatoms. The molecule has 0 unspecified atom stereocenters. The summed E-state index contributed by atoms with van der Waals surface area (Å²) in [6.07, 6.45) is 1.61. The maximum absolute atomic E-state index is 10.6. The van der Waals surface area contributed by atoms with Crippen LogP contribution in [0.3, 0.4) is 0 Å². The third-order valence-corrected chi connectivity index (χ3v) is 1.56. The topological polar surface area (TPSA) is 50.2 Å². The monoisotopic (exact) mass is 175 g/mol. The van der Waals surface area contributed by atoms with Gasteiger partial charge in [0.05, 0.1) is 11.3 Å². The van der Waals surface area contributed by atoms with Gasteiger partial charge in [0.15, 0.2) is 0 Å². The van der Waals surface area contributed by atoms with E-state index in [-0.39, 0.29) is 31.0 Å². The zero-order valence-corrected chi connectivity index (χ0v) is 9.46. The van der Waals surface area contributed by atoms with Crippen LogP contribution in [0.1, 0.15) is 23.0 Å². The van der Waals surface area contributed by atoms with Crippen LogP contribution in [0.25, 0.3) is 0 Å².